The number of carbonyl (C=O) groups excluding carboxylic acids is 1. The summed E-state index contributed by atoms with van der Waals surface area (Å²) in [4.78, 5) is 23.0. The number of unbranched alkanes of at least 4 members (excludes halogenated alkanes) is 39. The average molecular weight is 917 g/mol. The Bertz CT molecular complexity index is 976. The highest BCUT2D eigenvalue weighted by molar-refractivity contribution is 7.47. The van der Waals surface area contributed by atoms with Crippen LogP contribution < -0.4 is 0 Å². The molecule has 0 aliphatic carbocycles. The Balaban J connectivity index is 4.02. The zero-order valence-corrected chi connectivity index (χ0v) is 44.0. The first-order valence-corrected chi connectivity index (χ1v) is 29.3. The van der Waals surface area contributed by atoms with Crippen LogP contribution in [0.3, 0.4) is 0 Å². The van der Waals surface area contributed by atoms with Gasteiger partial charge in [-0.15, -0.1) is 0 Å². The van der Waals surface area contributed by atoms with Crippen molar-refractivity contribution in [3.63, 3.8) is 0 Å². The standard InChI is InChI=1S/C54H110NO7P/c1-6-8-10-12-14-16-18-20-22-24-26-27-28-29-30-32-34-36-38-40-42-44-46-49-59-51-53(52-61-63(57,58)60-50-48-55(3,4)5)62-54(56)47-45-43-41-39-37-35-33-31-25-23-21-19-17-15-13-11-9-7-2/h53H,6-52H2,1-5H3/p+1. The molecule has 0 bridgehead atoms. The van der Waals surface area contributed by atoms with E-state index in [2.05, 4.69) is 13.8 Å². The minimum absolute atomic E-state index is 0.0944. The number of rotatable bonds is 53. The quantitative estimate of drug-likeness (QED) is 0.0281. The molecule has 378 valence electrons. The van der Waals surface area contributed by atoms with Crippen LogP contribution in [0.4, 0.5) is 0 Å². The van der Waals surface area contributed by atoms with Crippen molar-refractivity contribution in [1.82, 2.24) is 0 Å². The molecule has 2 atom stereocenters. The van der Waals surface area contributed by atoms with E-state index in [9.17, 15) is 14.3 Å². The molecule has 0 spiro atoms. The van der Waals surface area contributed by atoms with Gasteiger partial charge in [0.25, 0.3) is 0 Å². The first kappa shape index (κ1) is 62.5. The molecule has 0 fully saturated rings. The number of phosphoric ester groups is 1. The highest BCUT2D eigenvalue weighted by atomic mass is 31.2. The van der Waals surface area contributed by atoms with Crippen molar-refractivity contribution in [1.29, 1.82) is 0 Å². The molecule has 0 aromatic heterocycles. The zero-order valence-electron chi connectivity index (χ0n) is 43.1. The number of ether oxygens (including phenoxy) is 2. The van der Waals surface area contributed by atoms with E-state index in [4.69, 9.17) is 18.5 Å². The molecule has 0 aliphatic heterocycles. The Hall–Kier alpha value is -0.500. The molecule has 1 N–H and O–H groups in total. The molecule has 0 aromatic rings. The Kier molecular flexibility index (Phi) is 47.6. The maximum Gasteiger partial charge on any atom is 0.472 e. The van der Waals surface area contributed by atoms with Crippen molar-refractivity contribution in [3.8, 4) is 0 Å². The van der Waals surface area contributed by atoms with Gasteiger partial charge in [-0.1, -0.05) is 264 Å². The molecular weight excluding hydrogens is 806 g/mol. The molecule has 0 saturated heterocycles. The van der Waals surface area contributed by atoms with Crippen LogP contribution in [0, 0.1) is 0 Å². The Morgan fingerprint density at radius 1 is 0.429 bits per heavy atom. The number of hydrogen-bond donors (Lipinski definition) is 1. The highest BCUT2D eigenvalue weighted by Crippen LogP contribution is 2.43. The summed E-state index contributed by atoms with van der Waals surface area (Å²) in [5, 5.41) is 0. The maximum atomic E-state index is 12.8. The fourth-order valence-corrected chi connectivity index (χ4v) is 9.12. The average Bonchev–Trinajstić information content (AvgIpc) is 3.24. The molecule has 2 unspecified atom stereocenters. The van der Waals surface area contributed by atoms with Gasteiger partial charge >= 0.3 is 13.8 Å². The van der Waals surface area contributed by atoms with Crippen molar-refractivity contribution in [2.24, 2.45) is 0 Å². The minimum Gasteiger partial charge on any atom is -0.457 e. The largest absolute Gasteiger partial charge is 0.472 e. The van der Waals surface area contributed by atoms with Gasteiger partial charge in [-0.05, 0) is 12.8 Å². The van der Waals surface area contributed by atoms with Crippen LogP contribution in [0.2, 0.25) is 0 Å². The lowest BCUT2D eigenvalue weighted by Crippen LogP contribution is -2.37. The molecular formula is C54H111NO7P+. The van der Waals surface area contributed by atoms with Gasteiger partial charge < -0.3 is 18.9 Å². The molecule has 0 heterocycles. The number of carbonyl (C=O) groups is 1. The van der Waals surface area contributed by atoms with E-state index >= 15 is 0 Å². The van der Waals surface area contributed by atoms with Gasteiger partial charge in [-0.2, -0.15) is 0 Å². The topological polar surface area (TPSA) is 91.3 Å². The fraction of sp³-hybridized carbons (Fsp3) is 0.981. The molecule has 63 heavy (non-hydrogen) atoms. The molecule has 0 radical (unpaired) electrons. The highest BCUT2D eigenvalue weighted by Gasteiger charge is 2.26. The number of likely N-dealkylation sites (N-methyl/N-ethyl adjacent to an activating group) is 1. The van der Waals surface area contributed by atoms with Crippen LogP contribution in [0.25, 0.3) is 0 Å². The molecule has 8 nitrogen and oxygen atoms in total. The van der Waals surface area contributed by atoms with Crippen molar-refractivity contribution >= 4 is 13.8 Å². The fourth-order valence-electron chi connectivity index (χ4n) is 8.38. The van der Waals surface area contributed by atoms with Gasteiger partial charge in [-0.3, -0.25) is 13.8 Å². The van der Waals surface area contributed by atoms with Gasteiger partial charge in [0, 0.05) is 13.0 Å². The summed E-state index contributed by atoms with van der Waals surface area (Å²) in [6, 6.07) is 0. The first-order valence-electron chi connectivity index (χ1n) is 27.8. The number of quaternary nitrogens is 1. The smallest absolute Gasteiger partial charge is 0.457 e. The Labute approximate surface area is 393 Å². The second-order valence-electron chi connectivity index (χ2n) is 20.3. The van der Waals surface area contributed by atoms with Crippen LogP contribution in [0.5, 0.6) is 0 Å². The van der Waals surface area contributed by atoms with E-state index in [1.54, 1.807) is 0 Å². The van der Waals surface area contributed by atoms with Gasteiger partial charge in [0.2, 0.25) is 0 Å². The number of hydrogen-bond acceptors (Lipinski definition) is 6. The SMILES string of the molecule is CCCCCCCCCCCCCCCCCCCCCCCCCOCC(COP(=O)(O)OCC[N+](C)(C)C)OC(=O)CCCCCCCCCCCCCCCCCCCC. The van der Waals surface area contributed by atoms with Crippen molar-refractivity contribution in [2.75, 3.05) is 54.1 Å². The lowest BCUT2D eigenvalue weighted by molar-refractivity contribution is -0.870. The van der Waals surface area contributed by atoms with Crippen molar-refractivity contribution in [3.05, 3.63) is 0 Å². The molecule has 0 rings (SSSR count). The summed E-state index contributed by atoms with van der Waals surface area (Å²) in [6.07, 6.45) is 54.4. The predicted octanol–water partition coefficient (Wildman–Crippen LogP) is 17.2. The van der Waals surface area contributed by atoms with E-state index in [0.29, 0.717) is 24.1 Å². The van der Waals surface area contributed by atoms with Crippen LogP contribution >= 0.6 is 7.82 Å². The van der Waals surface area contributed by atoms with Gasteiger partial charge in [0.05, 0.1) is 34.4 Å². The second-order valence-corrected chi connectivity index (χ2v) is 21.8. The van der Waals surface area contributed by atoms with E-state index in [0.717, 1.165) is 32.1 Å². The normalized spacial score (nSPS) is 13.4. The molecule has 0 aromatic carbocycles. The summed E-state index contributed by atoms with van der Waals surface area (Å²) < 4.78 is 35.2. The summed E-state index contributed by atoms with van der Waals surface area (Å²) in [5.41, 5.74) is 0. The number of esters is 1. The van der Waals surface area contributed by atoms with Gasteiger partial charge in [-0.25, -0.2) is 4.57 Å². The lowest BCUT2D eigenvalue weighted by Gasteiger charge is -2.24. The van der Waals surface area contributed by atoms with Gasteiger partial charge in [0.1, 0.15) is 19.3 Å². The van der Waals surface area contributed by atoms with Crippen LogP contribution in [0.1, 0.15) is 284 Å². The molecule has 9 heteroatoms. The van der Waals surface area contributed by atoms with Gasteiger partial charge in [0.15, 0.2) is 0 Å². The number of phosphoric acid groups is 1. The molecule has 0 amide bonds. The third-order valence-electron chi connectivity index (χ3n) is 12.7. The third-order valence-corrected chi connectivity index (χ3v) is 13.7. The summed E-state index contributed by atoms with van der Waals surface area (Å²) in [7, 11) is 1.69. The minimum atomic E-state index is -4.27. The third kappa shape index (κ3) is 52.3. The van der Waals surface area contributed by atoms with Crippen LogP contribution in [0.15, 0.2) is 0 Å². The van der Waals surface area contributed by atoms with E-state index < -0.39 is 13.9 Å². The summed E-state index contributed by atoms with van der Waals surface area (Å²) in [6.45, 7) is 5.71. The monoisotopic (exact) mass is 917 g/mol. The summed E-state index contributed by atoms with van der Waals surface area (Å²) >= 11 is 0. The second kappa shape index (κ2) is 48.0. The van der Waals surface area contributed by atoms with Crippen LogP contribution in [-0.4, -0.2) is 75.6 Å². The van der Waals surface area contributed by atoms with E-state index in [1.165, 1.54) is 231 Å². The van der Waals surface area contributed by atoms with Crippen molar-refractivity contribution in [2.45, 2.75) is 290 Å². The maximum absolute atomic E-state index is 12.8. The van der Waals surface area contributed by atoms with Crippen molar-refractivity contribution < 1.29 is 37.3 Å². The first-order chi connectivity index (χ1) is 30.6. The molecule has 0 saturated carbocycles. The Morgan fingerprint density at radius 3 is 1.05 bits per heavy atom. The zero-order chi connectivity index (χ0) is 46.2. The lowest BCUT2D eigenvalue weighted by atomic mass is 10.0. The van der Waals surface area contributed by atoms with E-state index in [-0.39, 0.29) is 25.8 Å². The molecule has 0 aliphatic rings. The predicted molar refractivity (Wildman–Crippen MR) is 271 cm³/mol. The Morgan fingerprint density at radius 2 is 0.730 bits per heavy atom. The van der Waals surface area contributed by atoms with E-state index in [1.807, 2.05) is 21.1 Å². The summed E-state index contributed by atoms with van der Waals surface area (Å²) in [5.74, 6) is -0.304. The number of nitrogens with zero attached hydrogens (tertiary/aromatic N) is 1. The van der Waals surface area contributed by atoms with Crippen LogP contribution in [-0.2, 0) is 27.9 Å².